The summed E-state index contributed by atoms with van der Waals surface area (Å²) in [5.74, 6) is -0.0318. The molecule has 1 aromatic heterocycles. The molecule has 0 bridgehead atoms. The van der Waals surface area contributed by atoms with Crippen molar-refractivity contribution in [2.45, 2.75) is 13.5 Å². The topological polar surface area (TPSA) is 42.0 Å². The van der Waals surface area contributed by atoms with Crippen molar-refractivity contribution < 1.29 is 4.79 Å². The summed E-state index contributed by atoms with van der Waals surface area (Å²) in [4.78, 5) is 14.5. The van der Waals surface area contributed by atoms with Gasteiger partial charge in [0.1, 0.15) is 0 Å². The lowest BCUT2D eigenvalue weighted by atomic mass is 10.3. The minimum absolute atomic E-state index is 0. The molecule has 0 aliphatic rings. The third-order valence-electron chi connectivity index (χ3n) is 1.24. The third kappa shape index (κ3) is 3.93. The molecule has 12 heavy (non-hydrogen) atoms. The second-order valence-corrected chi connectivity index (χ2v) is 2.23. The van der Waals surface area contributed by atoms with Gasteiger partial charge in [-0.1, -0.05) is 6.07 Å². The SMILES string of the molecule is CC(=O)NCc1ccccn1.Cl. The molecule has 0 aliphatic heterocycles. The molecule has 0 unspecified atom stereocenters. The van der Waals surface area contributed by atoms with Crippen molar-refractivity contribution in [2.75, 3.05) is 0 Å². The average Bonchev–Trinajstić information content (AvgIpc) is 2.03. The number of carbonyl (C=O) groups is 1. The van der Waals surface area contributed by atoms with Gasteiger partial charge in [0, 0.05) is 13.1 Å². The van der Waals surface area contributed by atoms with E-state index < -0.39 is 0 Å². The Hall–Kier alpha value is -1.09. The molecule has 0 fully saturated rings. The van der Waals surface area contributed by atoms with Crippen molar-refractivity contribution in [3.8, 4) is 0 Å². The molecular formula is C8H11ClN2O. The maximum Gasteiger partial charge on any atom is 0.217 e. The number of amides is 1. The van der Waals surface area contributed by atoms with E-state index in [4.69, 9.17) is 0 Å². The summed E-state index contributed by atoms with van der Waals surface area (Å²) in [6, 6.07) is 5.61. The summed E-state index contributed by atoms with van der Waals surface area (Å²) in [5, 5.41) is 2.66. The summed E-state index contributed by atoms with van der Waals surface area (Å²) in [6.07, 6.45) is 1.71. The molecule has 0 radical (unpaired) electrons. The van der Waals surface area contributed by atoms with Crippen LogP contribution in [-0.4, -0.2) is 10.9 Å². The smallest absolute Gasteiger partial charge is 0.217 e. The summed E-state index contributed by atoms with van der Waals surface area (Å²) in [7, 11) is 0. The molecule has 1 N–H and O–H groups in total. The molecule has 1 heterocycles. The molecule has 1 aromatic rings. The van der Waals surface area contributed by atoms with Crippen molar-refractivity contribution in [1.29, 1.82) is 0 Å². The number of rotatable bonds is 2. The Balaban J connectivity index is 0.00000121. The highest BCUT2D eigenvalue weighted by Gasteiger charge is 1.92. The zero-order valence-corrected chi connectivity index (χ0v) is 7.60. The Morgan fingerprint density at radius 3 is 2.83 bits per heavy atom. The molecule has 0 saturated carbocycles. The lowest BCUT2D eigenvalue weighted by Crippen LogP contribution is -2.19. The average molecular weight is 187 g/mol. The minimum atomic E-state index is -0.0318. The summed E-state index contributed by atoms with van der Waals surface area (Å²) in [5.41, 5.74) is 0.878. The first-order chi connectivity index (χ1) is 5.29. The fourth-order valence-corrected chi connectivity index (χ4v) is 0.718. The van der Waals surface area contributed by atoms with Crippen LogP contribution in [0.25, 0.3) is 0 Å². The van der Waals surface area contributed by atoms with Crippen LogP contribution in [0.4, 0.5) is 0 Å². The summed E-state index contributed by atoms with van der Waals surface area (Å²) >= 11 is 0. The van der Waals surface area contributed by atoms with Gasteiger partial charge in [-0.2, -0.15) is 0 Å². The fraction of sp³-hybridized carbons (Fsp3) is 0.250. The predicted octanol–water partition coefficient (Wildman–Crippen LogP) is 1.14. The monoisotopic (exact) mass is 186 g/mol. The Morgan fingerprint density at radius 1 is 1.58 bits per heavy atom. The van der Waals surface area contributed by atoms with E-state index in [0.29, 0.717) is 6.54 Å². The molecule has 0 aliphatic carbocycles. The van der Waals surface area contributed by atoms with Crippen LogP contribution >= 0.6 is 12.4 Å². The second kappa shape index (κ2) is 5.55. The van der Waals surface area contributed by atoms with Gasteiger partial charge in [0.2, 0.25) is 5.91 Å². The predicted molar refractivity (Wildman–Crippen MR) is 49.0 cm³/mol. The molecule has 0 atom stereocenters. The van der Waals surface area contributed by atoms with Crippen molar-refractivity contribution in [1.82, 2.24) is 10.3 Å². The van der Waals surface area contributed by atoms with E-state index in [-0.39, 0.29) is 18.3 Å². The maximum atomic E-state index is 10.5. The van der Waals surface area contributed by atoms with Crippen LogP contribution < -0.4 is 5.32 Å². The van der Waals surface area contributed by atoms with Crippen molar-refractivity contribution in [2.24, 2.45) is 0 Å². The Kier molecular flexibility index (Phi) is 5.04. The van der Waals surface area contributed by atoms with E-state index in [9.17, 15) is 4.79 Å². The van der Waals surface area contributed by atoms with Gasteiger partial charge < -0.3 is 5.32 Å². The Morgan fingerprint density at radius 2 is 2.33 bits per heavy atom. The van der Waals surface area contributed by atoms with E-state index >= 15 is 0 Å². The van der Waals surface area contributed by atoms with Gasteiger partial charge in [0.25, 0.3) is 0 Å². The normalized spacial score (nSPS) is 8.42. The van der Waals surface area contributed by atoms with Crippen LogP contribution in [0, 0.1) is 0 Å². The number of pyridine rings is 1. The Labute approximate surface area is 77.6 Å². The van der Waals surface area contributed by atoms with E-state index in [1.54, 1.807) is 6.20 Å². The number of nitrogens with zero attached hydrogens (tertiary/aromatic N) is 1. The molecule has 4 heteroatoms. The summed E-state index contributed by atoms with van der Waals surface area (Å²) in [6.45, 7) is 2.00. The van der Waals surface area contributed by atoms with Crippen LogP contribution in [0.3, 0.4) is 0 Å². The fourth-order valence-electron chi connectivity index (χ4n) is 0.718. The molecule has 1 amide bonds. The third-order valence-corrected chi connectivity index (χ3v) is 1.24. The Bertz CT molecular complexity index is 238. The highest BCUT2D eigenvalue weighted by atomic mass is 35.5. The van der Waals surface area contributed by atoms with Gasteiger partial charge in [-0.3, -0.25) is 9.78 Å². The zero-order valence-electron chi connectivity index (χ0n) is 6.78. The van der Waals surface area contributed by atoms with E-state index in [2.05, 4.69) is 10.3 Å². The quantitative estimate of drug-likeness (QED) is 0.753. The number of nitrogens with one attached hydrogen (secondary N) is 1. The van der Waals surface area contributed by atoms with Crippen LogP contribution in [0.5, 0.6) is 0 Å². The lowest BCUT2D eigenvalue weighted by Gasteiger charge is -1.99. The highest BCUT2D eigenvalue weighted by Crippen LogP contribution is 1.90. The van der Waals surface area contributed by atoms with E-state index in [1.165, 1.54) is 6.92 Å². The van der Waals surface area contributed by atoms with Gasteiger partial charge in [-0.15, -0.1) is 12.4 Å². The van der Waals surface area contributed by atoms with Gasteiger partial charge in [0.15, 0.2) is 0 Å². The number of halogens is 1. The standard InChI is InChI=1S/C8H10N2O.ClH/c1-7(11)10-6-8-4-2-3-5-9-8;/h2-5H,6H2,1H3,(H,10,11);1H. The first kappa shape index (κ1) is 10.9. The molecule has 0 spiro atoms. The highest BCUT2D eigenvalue weighted by molar-refractivity contribution is 5.85. The second-order valence-electron chi connectivity index (χ2n) is 2.23. The van der Waals surface area contributed by atoms with Crippen LogP contribution in [0.2, 0.25) is 0 Å². The van der Waals surface area contributed by atoms with Crippen molar-refractivity contribution >= 4 is 18.3 Å². The molecule has 66 valence electrons. The van der Waals surface area contributed by atoms with Crippen LogP contribution in [0.1, 0.15) is 12.6 Å². The number of hydrogen-bond donors (Lipinski definition) is 1. The lowest BCUT2D eigenvalue weighted by molar-refractivity contribution is -0.119. The van der Waals surface area contributed by atoms with Crippen molar-refractivity contribution in [3.05, 3.63) is 30.1 Å². The number of carbonyl (C=O) groups excluding carboxylic acids is 1. The van der Waals surface area contributed by atoms with E-state index in [0.717, 1.165) is 5.69 Å². The molecular weight excluding hydrogens is 176 g/mol. The first-order valence-corrected chi connectivity index (χ1v) is 3.43. The van der Waals surface area contributed by atoms with E-state index in [1.807, 2.05) is 18.2 Å². The molecule has 0 aromatic carbocycles. The van der Waals surface area contributed by atoms with Gasteiger partial charge in [0.05, 0.1) is 12.2 Å². The van der Waals surface area contributed by atoms with Gasteiger partial charge in [-0.25, -0.2) is 0 Å². The van der Waals surface area contributed by atoms with Gasteiger partial charge >= 0.3 is 0 Å². The molecule has 0 saturated heterocycles. The zero-order chi connectivity index (χ0) is 8.10. The summed E-state index contributed by atoms with van der Waals surface area (Å²) < 4.78 is 0. The number of hydrogen-bond acceptors (Lipinski definition) is 2. The van der Waals surface area contributed by atoms with Gasteiger partial charge in [-0.05, 0) is 12.1 Å². The first-order valence-electron chi connectivity index (χ1n) is 3.43. The van der Waals surface area contributed by atoms with Crippen LogP contribution in [0.15, 0.2) is 24.4 Å². The van der Waals surface area contributed by atoms with Crippen LogP contribution in [-0.2, 0) is 11.3 Å². The number of aromatic nitrogens is 1. The molecule has 1 rings (SSSR count). The largest absolute Gasteiger partial charge is 0.351 e. The minimum Gasteiger partial charge on any atom is -0.351 e. The van der Waals surface area contributed by atoms with Crippen molar-refractivity contribution in [3.63, 3.8) is 0 Å². The maximum absolute atomic E-state index is 10.5. The molecule has 3 nitrogen and oxygen atoms in total.